The van der Waals surface area contributed by atoms with Gasteiger partial charge in [-0.3, -0.25) is 9.69 Å². The molecule has 4 aromatic carbocycles. The van der Waals surface area contributed by atoms with Gasteiger partial charge in [0.2, 0.25) is 5.78 Å². The van der Waals surface area contributed by atoms with E-state index in [0.717, 1.165) is 58.5 Å². The molecule has 4 aliphatic rings. The average molecular weight is 782 g/mol. The van der Waals surface area contributed by atoms with Crippen LogP contribution in [0, 0.1) is 5.41 Å². The van der Waals surface area contributed by atoms with Gasteiger partial charge in [-0.25, -0.2) is 4.79 Å². The van der Waals surface area contributed by atoms with Crippen LogP contribution in [0.4, 0.5) is 18.0 Å². The number of furan rings is 1. The lowest BCUT2D eigenvalue weighted by molar-refractivity contribution is -0.137. The summed E-state index contributed by atoms with van der Waals surface area (Å²) >= 11 is 6.34. The van der Waals surface area contributed by atoms with E-state index >= 15 is 0 Å². The summed E-state index contributed by atoms with van der Waals surface area (Å²) in [4.78, 5) is 30.3. The maximum Gasteiger partial charge on any atom is 0.416 e. The Bertz CT molecular complexity index is 2360. The number of amides is 1. The van der Waals surface area contributed by atoms with Crippen molar-refractivity contribution in [2.24, 2.45) is 5.41 Å². The van der Waals surface area contributed by atoms with E-state index in [1.807, 2.05) is 47.4 Å². The molecule has 2 fully saturated rings. The molecular weight excluding hydrogens is 739 g/mol. The summed E-state index contributed by atoms with van der Waals surface area (Å²) in [6.07, 6.45) is 0.904. The third-order valence-corrected chi connectivity index (χ3v) is 12.8. The van der Waals surface area contributed by atoms with Gasteiger partial charge in [-0.2, -0.15) is 13.2 Å². The first kappa shape index (κ1) is 38.0. The number of alkyl halides is 3. The Morgan fingerprint density at radius 3 is 2.61 bits per heavy atom. The van der Waals surface area contributed by atoms with Gasteiger partial charge in [0.25, 0.3) is 0 Å². The average Bonchev–Trinajstić information content (AvgIpc) is 3.86. The van der Waals surface area contributed by atoms with Gasteiger partial charge in [-0.05, 0) is 122 Å². The number of carbonyl (C=O) groups excluding carboxylic acids is 2. The lowest BCUT2D eigenvalue weighted by Gasteiger charge is -2.43. The standard InChI is InChI=1S/C46H43ClF3NO5/c1-28-7-6-21-44(2)38(20-22-45(44)27-51(43(54)56-45)26-31-10-5-9-30-8-3-4-11-34(30)31)35-16-13-29(23-33(52)15-12-28)24-36(35)42(53)41-19-18-40(55-41)37-25-32(46(48,49)50)14-17-39(37)47/h3-5,7-11,13-14,16-19,24-25,33,38,52H,6,12,15,20-23,26-27H2,1-2H3/t33-,38-,44-,45+/m0/s1. The normalized spacial score (nSPS) is 24.3. The van der Waals surface area contributed by atoms with Gasteiger partial charge in [0.1, 0.15) is 11.4 Å². The molecule has 1 N–H and O–H groups in total. The molecule has 2 heterocycles. The van der Waals surface area contributed by atoms with Gasteiger partial charge in [0.05, 0.1) is 23.2 Å². The highest BCUT2D eigenvalue weighted by Crippen LogP contribution is 2.62. The Balaban J connectivity index is 1.18. The van der Waals surface area contributed by atoms with Crippen LogP contribution in [0.1, 0.15) is 96.7 Å². The number of fused-ring (bicyclic) bond motifs is 9. The van der Waals surface area contributed by atoms with Gasteiger partial charge in [-0.1, -0.05) is 84.8 Å². The van der Waals surface area contributed by atoms with Crippen molar-refractivity contribution >= 4 is 34.2 Å². The largest absolute Gasteiger partial charge is 0.453 e. The number of ether oxygens (including phenoxy) is 1. The van der Waals surface area contributed by atoms with Crippen LogP contribution in [0.2, 0.25) is 5.02 Å². The number of carbonyl (C=O) groups is 2. The molecule has 4 atom stereocenters. The molecule has 1 aromatic heterocycles. The molecule has 1 saturated heterocycles. The zero-order valence-corrected chi connectivity index (χ0v) is 32.1. The number of halogens is 4. The monoisotopic (exact) mass is 781 g/mol. The van der Waals surface area contributed by atoms with Gasteiger partial charge in [-0.15, -0.1) is 0 Å². The maximum absolute atomic E-state index is 14.6. The van der Waals surface area contributed by atoms with E-state index in [2.05, 4.69) is 38.1 Å². The zero-order valence-electron chi connectivity index (χ0n) is 31.3. The Morgan fingerprint density at radius 2 is 1.79 bits per heavy atom. The van der Waals surface area contributed by atoms with Crippen LogP contribution in [0.15, 0.2) is 107 Å². The number of benzene rings is 4. The van der Waals surface area contributed by atoms with Crippen molar-refractivity contribution in [1.82, 2.24) is 4.90 Å². The van der Waals surface area contributed by atoms with E-state index in [4.69, 9.17) is 20.8 Å². The highest BCUT2D eigenvalue weighted by atomic mass is 35.5. The van der Waals surface area contributed by atoms with Crippen LogP contribution in [0.5, 0.6) is 0 Å². The highest BCUT2D eigenvalue weighted by molar-refractivity contribution is 6.33. The molecule has 1 saturated carbocycles. The van der Waals surface area contributed by atoms with Crippen molar-refractivity contribution in [1.29, 1.82) is 0 Å². The fourth-order valence-corrected chi connectivity index (χ4v) is 9.58. The SMILES string of the molecule is CC1=CCC[C@@]2(C)[C@@H](CC[C@@]23CN(Cc2cccc4ccccc24)C(=O)O3)c2ccc(cc2C(=O)c2ccc(-c3cc(C(F)(F)F)ccc3Cl)o2)C[C@@H](O)CC1. The van der Waals surface area contributed by atoms with E-state index in [1.54, 1.807) is 0 Å². The lowest BCUT2D eigenvalue weighted by atomic mass is 9.65. The first-order valence-corrected chi connectivity index (χ1v) is 19.6. The Morgan fingerprint density at radius 1 is 0.982 bits per heavy atom. The number of nitrogens with zero attached hydrogens (tertiary/aromatic N) is 1. The van der Waals surface area contributed by atoms with E-state index in [0.29, 0.717) is 50.8 Å². The lowest BCUT2D eigenvalue weighted by Crippen LogP contribution is -2.48. The molecule has 3 aliphatic carbocycles. The molecule has 9 rings (SSSR count). The van der Waals surface area contributed by atoms with Gasteiger partial charge < -0.3 is 14.3 Å². The predicted octanol–water partition coefficient (Wildman–Crippen LogP) is 11.7. The van der Waals surface area contributed by atoms with Crippen molar-refractivity contribution in [3.8, 4) is 11.3 Å². The molecule has 1 amide bonds. The smallest absolute Gasteiger partial charge is 0.416 e. The molecule has 6 nitrogen and oxygen atoms in total. The molecule has 5 aromatic rings. The minimum Gasteiger partial charge on any atom is -0.453 e. The first-order chi connectivity index (χ1) is 26.7. The Kier molecular flexibility index (Phi) is 9.90. The fourth-order valence-electron chi connectivity index (χ4n) is 9.37. The molecular formula is C46H43ClF3NO5. The fraction of sp³-hybridized carbons (Fsp3) is 0.348. The number of aliphatic hydroxyl groups is 1. The van der Waals surface area contributed by atoms with Crippen molar-refractivity contribution in [3.05, 3.63) is 141 Å². The van der Waals surface area contributed by atoms with Crippen molar-refractivity contribution in [2.75, 3.05) is 6.54 Å². The molecule has 10 heteroatoms. The van der Waals surface area contributed by atoms with Crippen LogP contribution >= 0.6 is 11.6 Å². The Hall–Kier alpha value is -4.86. The minimum absolute atomic E-state index is 0.0249. The van der Waals surface area contributed by atoms with Crippen molar-refractivity contribution in [2.45, 2.75) is 89.1 Å². The number of hydrogen-bond acceptors (Lipinski definition) is 5. The minimum atomic E-state index is -4.59. The summed E-state index contributed by atoms with van der Waals surface area (Å²) in [5.41, 5.74) is 1.90. The van der Waals surface area contributed by atoms with Gasteiger partial charge in [0, 0.05) is 23.1 Å². The third kappa shape index (κ3) is 6.94. The Labute approximate surface area is 328 Å². The van der Waals surface area contributed by atoms with E-state index in [9.17, 15) is 27.9 Å². The number of allylic oxidation sites excluding steroid dienone is 2. The van der Waals surface area contributed by atoms with Crippen LogP contribution < -0.4 is 0 Å². The topological polar surface area (TPSA) is 80.0 Å². The molecule has 1 spiro atoms. The number of aliphatic hydroxyl groups excluding tert-OH is 1. The summed E-state index contributed by atoms with van der Waals surface area (Å²) in [6.45, 7) is 5.07. The van der Waals surface area contributed by atoms with Crippen LogP contribution in [-0.4, -0.2) is 40.1 Å². The summed E-state index contributed by atoms with van der Waals surface area (Å²) in [5.74, 6) is -0.640. The second-order valence-electron chi connectivity index (χ2n) is 16.0. The quantitative estimate of drug-likeness (QED) is 0.142. The van der Waals surface area contributed by atoms with Crippen molar-refractivity contribution < 1.29 is 37.0 Å². The zero-order chi connectivity index (χ0) is 39.4. The summed E-state index contributed by atoms with van der Waals surface area (Å²) in [6, 6.07) is 25.9. The summed E-state index contributed by atoms with van der Waals surface area (Å²) in [7, 11) is 0. The summed E-state index contributed by atoms with van der Waals surface area (Å²) in [5, 5.41) is 13.3. The van der Waals surface area contributed by atoms with E-state index in [1.165, 1.54) is 17.7 Å². The van der Waals surface area contributed by atoms with Crippen LogP contribution in [-0.2, 0) is 23.9 Å². The van der Waals surface area contributed by atoms with Crippen molar-refractivity contribution in [3.63, 3.8) is 0 Å². The van der Waals surface area contributed by atoms with E-state index in [-0.39, 0.29) is 34.1 Å². The van der Waals surface area contributed by atoms with Crippen LogP contribution in [0.3, 0.4) is 0 Å². The summed E-state index contributed by atoms with van der Waals surface area (Å²) < 4.78 is 53.4. The van der Waals surface area contributed by atoms with Gasteiger partial charge in [0.15, 0.2) is 5.76 Å². The predicted molar refractivity (Wildman–Crippen MR) is 210 cm³/mol. The van der Waals surface area contributed by atoms with E-state index < -0.39 is 34.6 Å². The highest BCUT2D eigenvalue weighted by Gasteiger charge is 2.64. The molecule has 1 aliphatic heterocycles. The number of ketones is 1. The molecule has 56 heavy (non-hydrogen) atoms. The molecule has 0 radical (unpaired) electrons. The molecule has 290 valence electrons. The van der Waals surface area contributed by atoms with Gasteiger partial charge >= 0.3 is 12.3 Å². The maximum atomic E-state index is 14.6. The first-order valence-electron chi connectivity index (χ1n) is 19.2. The molecule has 2 bridgehead atoms. The third-order valence-electron chi connectivity index (χ3n) is 12.5. The second kappa shape index (κ2) is 14.6. The number of hydrogen-bond donors (Lipinski definition) is 1. The second-order valence-corrected chi connectivity index (χ2v) is 16.4. The molecule has 0 unspecified atom stereocenters. The van der Waals surface area contributed by atoms with Crippen LogP contribution in [0.25, 0.3) is 22.1 Å². The number of rotatable bonds is 5.